The van der Waals surface area contributed by atoms with E-state index in [0.717, 1.165) is 18.1 Å². The first kappa shape index (κ1) is 10.4. The van der Waals surface area contributed by atoms with Gasteiger partial charge in [-0.25, -0.2) is 0 Å². The van der Waals surface area contributed by atoms with Crippen molar-refractivity contribution >= 4 is 0 Å². The van der Waals surface area contributed by atoms with E-state index in [2.05, 4.69) is 24.2 Å². The molecule has 1 N–H and O–H groups in total. The lowest BCUT2D eigenvalue weighted by atomic mass is 10.2. The average Bonchev–Trinajstić information content (AvgIpc) is 2.92. The zero-order chi connectivity index (χ0) is 9.97. The van der Waals surface area contributed by atoms with Crippen LogP contribution in [-0.2, 0) is 0 Å². The highest BCUT2D eigenvalue weighted by atomic mass is 15.2. The van der Waals surface area contributed by atoms with Crippen molar-refractivity contribution in [3.63, 3.8) is 0 Å². The fourth-order valence-electron chi connectivity index (χ4n) is 2.85. The van der Waals surface area contributed by atoms with Gasteiger partial charge in [0.15, 0.2) is 0 Å². The molecule has 82 valence electrons. The summed E-state index contributed by atoms with van der Waals surface area (Å²) in [4.78, 5) is 2.79. The maximum Gasteiger partial charge on any atom is 0.0114 e. The van der Waals surface area contributed by atoms with Crippen LogP contribution in [0.1, 0.15) is 45.4 Å². The van der Waals surface area contributed by atoms with Gasteiger partial charge in [0, 0.05) is 18.1 Å². The molecule has 2 heteroatoms. The highest BCUT2D eigenvalue weighted by Gasteiger charge is 2.36. The van der Waals surface area contributed by atoms with E-state index < -0.39 is 0 Å². The predicted octanol–water partition coefficient (Wildman–Crippen LogP) is 2.00. The summed E-state index contributed by atoms with van der Waals surface area (Å²) in [6.45, 7) is 3.63. The number of rotatable bonds is 5. The van der Waals surface area contributed by atoms with Crippen molar-refractivity contribution < 1.29 is 0 Å². The van der Waals surface area contributed by atoms with Crippen LogP contribution in [0.3, 0.4) is 0 Å². The second-order valence-corrected chi connectivity index (χ2v) is 4.92. The Morgan fingerprint density at radius 1 is 1.14 bits per heavy atom. The van der Waals surface area contributed by atoms with Gasteiger partial charge in [0.1, 0.15) is 0 Å². The molecule has 0 saturated heterocycles. The molecule has 0 aromatic rings. The van der Waals surface area contributed by atoms with Crippen molar-refractivity contribution in [2.45, 2.75) is 63.6 Å². The highest BCUT2D eigenvalue weighted by molar-refractivity contribution is 4.93. The second-order valence-electron chi connectivity index (χ2n) is 4.92. The standard InChI is InChI=1S/C12H24N2/c1-3-8-14(11-6-7-11)12-5-4-10(9-12)13-2/h10-13H,3-9H2,1-2H3. The Kier molecular flexibility index (Phi) is 3.45. The summed E-state index contributed by atoms with van der Waals surface area (Å²) in [5.41, 5.74) is 0. The lowest BCUT2D eigenvalue weighted by Gasteiger charge is -2.28. The minimum absolute atomic E-state index is 0.790. The van der Waals surface area contributed by atoms with Crippen LogP contribution in [0.2, 0.25) is 0 Å². The first-order valence-electron chi connectivity index (χ1n) is 6.28. The summed E-state index contributed by atoms with van der Waals surface area (Å²) in [5.74, 6) is 0. The third-order valence-corrected chi connectivity index (χ3v) is 3.78. The third kappa shape index (κ3) is 2.29. The molecule has 2 nitrogen and oxygen atoms in total. The third-order valence-electron chi connectivity index (χ3n) is 3.78. The van der Waals surface area contributed by atoms with Gasteiger partial charge in [-0.2, -0.15) is 0 Å². The van der Waals surface area contributed by atoms with E-state index >= 15 is 0 Å². The van der Waals surface area contributed by atoms with Crippen LogP contribution < -0.4 is 5.32 Å². The van der Waals surface area contributed by atoms with Gasteiger partial charge in [-0.15, -0.1) is 0 Å². The molecule has 2 saturated carbocycles. The molecule has 0 aliphatic heterocycles. The molecule has 2 rings (SSSR count). The van der Waals surface area contributed by atoms with E-state index in [0.29, 0.717) is 0 Å². The number of nitrogens with zero attached hydrogens (tertiary/aromatic N) is 1. The Bertz CT molecular complexity index is 177. The average molecular weight is 196 g/mol. The van der Waals surface area contributed by atoms with E-state index in [-0.39, 0.29) is 0 Å². The van der Waals surface area contributed by atoms with Gasteiger partial charge in [-0.3, -0.25) is 4.90 Å². The molecule has 0 bridgehead atoms. The Hall–Kier alpha value is -0.0800. The molecular formula is C12H24N2. The zero-order valence-electron chi connectivity index (χ0n) is 9.63. The monoisotopic (exact) mass is 196 g/mol. The molecule has 0 heterocycles. The van der Waals surface area contributed by atoms with Gasteiger partial charge >= 0.3 is 0 Å². The highest BCUT2D eigenvalue weighted by Crippen LogP contribution is 2.34. The van der Waals surface area contributed by atoms with E-state index in [9.17, 15) is 0 Å². The van der Waals surface area contributed by atoms with Gasteiger partial charge in [-0.05, 0) is 52.1 Å². The van der Waals surface area contributed by atoms with E-state index in [1.54, 1.807) is 0 Å². The second kappa shape index (κ2) is 4.63. The predicted molar refractivity (Wildman–Crippen MR) is 60.5 cm³/mol. The Morgan fingerprint density at radius 3 is 2.36 bits per heavy atom. The molecule has 14 heavy (non-hydrogen) atoms. The van der Waals surface area contributed by atoms with Gasteiger partial charge < -0.3 is 5.32 Å². The fraction of sp³-hybridized carbons (Fsp3) is 1.00. The van der Waals surface area contributed by atoms with Crippen molar-refractivity contribution in [2.24, 2.45) is 0 Å². The molecule has 2 atom stereocenters. The molecule has 0 radical (unpaired) electrons. The summed E-state index contributed by atoms with van der Waals surface area (Å²) < 4.78 is 0. The van der Waals surface area contributed by atoms with E-state index in [4.69, 9.17) is 0 Å². The van der Waals surface area contributed by atoms with Crippen LogP contribution >= 0.6 is 0 Å². The quantitative estimate of drug-likeness (QED) is 0.723. The van der Waals surface area contributed by atoms with Gasteiger partial charge in [-0.1, -0.05) is 6.92 Å². The molecule has 0 amide bonds. The smallest absolute Gasteiger partial charge is 0.0114 e. The zero-order valence-corrected chi connectivity index (χ0v) is 9.63. The molecule has 2 fully saturated rings. The molecule has 0 aromatic heterocycles. The van der Waals surface area contributed by atoms with Crippen molar-refractivity contribution in [1.29, 1.82) is 0 Å². The number of hydrogen-bond donors (Lipinski definition) is 1. The Balaban J connectivity index is 1.85. The van der Waals surface area contributed by atoms with Crippen molar-refractivity contribution in [1.82, 2.24) is 10.2 Å². The Morgan fingerprint density at radius 2 is 1.86 bits per heavy atom. The summed E-state index contributed by atoms with van der Waals surface area (Å²) in [7, 11) is 2.11. The number of hydrogen-bond acceptors (Lipinski definition) is 2. The van der Waals surface area contributed by atoms with Crippen molar-refractivity contribution in [2.75, 3.05) is 13.6 Å². The number of nitrogens with one attached hydrogen (secondary N) is 1. The SMILES string of the molecule is CCCN(C1CC1)C1CCC(NC)C1. The van der Waals surface area contributed by atoms with E-state index in [1.807, 2.05) is 0 Å². The summed E-state index contributed by atoms with van der Waals surface area (Å²) in [6.07, 6.45) is 8.42. The van der Waals surface area contributed by atoms with E-state index in [1.165, 1.54) is 45.1 Å². The maximum atomic E-state index is 3.42. The molecular weight excluding hydrogens is 172 g/mol. The first-order valence-corrected chi connectivity index (χ1v) is 6.28. The largest absolute Gasteiger partial charge is 0.317 e. The topological polar surface area (TPSA) is 15.3 Å². The molecule has 2 unspecified atom stereocenters. The minimum atomic E-state index is 0.790. The maximum absolute atomic E-state index is 3.42. The van der Waals surface area contributed by atoms with Crippen molar-refractivity contribution in [3.05, 3.63) is 0 Å². The van der Waals surface area contributed by atoms with Gasteiger partial charge in [0.2, 0.25) is 0 Å². The fourth-order valence-corrected chi connectivity index (χ4v) is 2.85. The summed E-state index contributed by atoms with van der Waals surface area (Å²) >= 11 is 0. The van der Waals surface area contributed by atoms with Gasteiger partial charge in [0.05, 0.1) is 0 Å². The minimum Gasteiger partial charge on any atom is -0.317 e. The molecule has 2 aliphatic rings. The normalized spacial score (nSPS) is 32.8. The lowest BCUT2D eigenvalue weighted by Crippen LogP contribution is -2.37. The van der Waals surface area contributed by atoms with Crippen LogP contribution in [0.15, 0.2) is 0 Å². The molecule has 0 spiro atoms. The van der Waals surface area contributed by atoms with Crippen LogP contribution in [0.25, 0.3) is 0 Å². The van der Waals surface area contributed by atoms with Crippen LogP contribution in [0.5, 0.6) is 0 Å². The van der Waals surface area contributed by atoms with Crippen LogP contribution in [0.4, 0.5) is 0 Å². The van der Waals surface area contributed by atoms with Crippen LogP contribution in [-0.4, -0.2) is 36.6 Å². The van der Waals surface area contributed by atoms with Crippen LogP contribution in [0, 0.1) is 0 Å². The van der Waals surface area contributed by atoms with Crippen molar-refractivity contribution in [3.8, 4) is 0 Å². The summed E-state index contributed by atoms with van der Waals surface area (Å²) in [6, 6.07) is 2.63. The first-order chi connectivity index (χ1) is 6.85. The lowest BCUT2D eigenvalue weighted by molar-refractivity contribution is 0.186. The van der Waals surface area contributed by atoms with Gasteiger partial charge in [0.25, 0.3) is 0 Å². The molecule has 2 aliphatic carbocycles. The summed E-state index contributed by atoms with van der Waals surface area (Å²) in [5, 5.41) is 3.42. The molecule has 0 aromatic carbocycles. The Labute approximate surface area is 88.1 Å².